The zero-order valence-corrected chi connectivity index (χ0v) is 13.9. The monoisotopic (exact) mass is 330 g/mol. The number of rotatable bonds is 4. The predicted octanol–water partition coefficient (Wildman–Crippen LogP) is 0.926. The van der Waals surface area contributed by atoms with Crippen molar-refractivity contribution in [3.05, 3.63) is 11.4 Å². The van der Waals surface area contributed by atoms with Gasteiger partial charge < -0.3 is 10.1 Å². The van der Waals surface area contributed by atoms with E-state index >= 15 is 0 Å². The van der Waals surface area contributed by atoms with Crippen molar-refractivity contribution in [1.29, 1.82) is 0 Å². The molecular formula is C13H22N4O4S. The molecule has 8 nitrogen and oxygen atoms in total. The van der Waals surface area contributed by atoms with Crippen LogP contribution in [0.1, 0.15) is 31.2 Å². The van der Waals surface area contributed by atoms with Crippen molar-refractivity contribution < 1.29 is 17.9 Å². The Bertz CT molecular complexity index is 613. The number of nitrogens with zero attached hydrogens (tertiary/aromatic N) is 2. The Morgan fingerprint density at radius 1 is 1.41 bits per heavy atom. The largest absolute Gasteiger partial charge is 0.450 e. The fraction of sp³-hybridized carbons (Fsp3) is 0.692. The minimum atomic E-state index is -3.55. The Balaban J connectivity index is 2.01. The smallest absolute Gasteiger partial charge is 0.407 e. The van der Waals surface area contributed by atoms with E-state index in [1.807, 2.05) is 0 Å². The number of aryl methyl sites for hydroxylation is 2. The van der Waals surface area contributed by atoms with Crippen molar-refractivity contribution in [1.82, 2.24) is 19.8 Å². The summed E-state index contributed by atoms with van der Waals surface area (Å²) in [5.41, 5.74) is 1.02. The molecule has 0 aromatic carbocycles. The van der Waals surface area contributed by atoms with E-state index < -0.39 is 16.1 Å². The maximum atomic E-state index is 12.7. The maximum Gasteiger partial charge on any atom is 0.407 e. The Hall–Kier alpha value is -1.61. The topological polar surface area (TPSA) is 104 Å². The standard InChI is InChI=1S/C13H22N4O4S/c1-4-21-13(18)14-11-5-7-17(8-6-11)22(19,20)12-9(2)15-16-10(12)3/h11H,4-8H2,1-3H3,(H,14,18)(H,15,16). The Morgan fingerprint density at radius 3 is 2.55 bits per heavy atom. The van der Waals surface area contributed by atoms with E-state index in [0.717, 1.165) is 0 Å². The van der Waals surface area contributed by atoms with Crippen LogP contribution in [-0.4, -0.2) is 54.8 Å². The third-order valence-corrected chi connectivity index (χ3v) is 5.87. The molecule has 0 saturated carbocycles. The minimum Gasteiger partial charge on any atom is -0.450 e. The van der Waals surface area contributed by atoms with Crippen molar-refractivity contribution in [2.75, 3.05) is 19.7 Å². The number of carbonyl (C=O) groups is 1. The van der Waals surface area contributed by atoms with Crippen LogP contribution < -0.4 is 5.32 Å². The fourth-order valence-corrected chi connectivity index (χ4v) is 4.43. The molecule has 9 heteroatoms. The van der Waals surface area contributed by atoms with Crippen LogP contribution in [0, 0.1) is 13.8 Å². The van der Waals surface area contributed by atoms with Crippen LogP contribution in [0.5, 0.6) is 0 Å². The summed E-state index contributed by atoms with van der Waals surface area (Å²) in [4.78, 5) is 11.6. The van der Waals surface area contributed by atoms with E-state index in [1.165, 1.54) is 4.31 Å². The van der Waals surface area contributed by atoms with Crippen molar-refractivity contribution >= 4 is 16.1 Å². The van der Waals surface area contributed by atoms with Gasteiger partial charge in [-0.05, 0) is 33.6 Å². The molecule has 0 aliphatic carbocycles. The molecule has 0 bridgehead atoms. The molecule has 0 unspecified atom stereocenters. The molecule has 1 aromatic heterocycles. The van der Waals surface area contributed by atoms with Gasteiger partial charge in [-0.3, -0.25) is 5.10 Å². The SMILES string of the molecule is CCOC(=O)NC1CCN(S(=O)(=O)c2c(C)n[nH]c2C)CC1. The molecule has 0 atom stereocenters. The van der Waals surface area contributed by atoms with Gasteiger partial charge >= 0.3 is 6.09 Å². The quantitative estimate of drug-likeness (QED) is 0.854. The number of aromatic amines is 1. The molecule has 1 amide bonds. The second-order valence-corrected chi connectivity index (χ2v) is 7.18. The van der Waals surface area contributed by atoms with Crippen molar-refractivity contribution in [3.63, 3.8) is 0 Å². The summed E-state index contributed by atoms with van der Waals surface area (Å²) in [6.45, 7) is 6.16. The molecule has 1 fully saturated rings. The lowest BCUT2D eigenvalue weighted by Crippen LogP contribution is -2.46. The molecule has 124 valence electrons. The summed E-state index contributed by atoms with van der Waals surface area (Å²) in [5, 5.41) is 9.40. The lowest BCUT2D eigenvalue weighted by molar-refractivity contribution is 0.143. The first-order valence-electron chi connectivity index (χ1n) is 7.31. The third-order valence-electron chi connectivity index (χ3n) is 3.71. The van der Waals surface area contributed by atoms with Crippen LogP contribution >= 0.6 is 0 Å². The predicted molar refractivity (Wildman–Crippen MR) is 80.0 cm³/mol. The number of nitrogens with one attached hydrogen (secondary N) is 2. The second-order valence-electron chi connectivity index (χ2n) is 5.31. The van der Waals surface area contributed by atoms with Gasteiger partial charge in [-0.1, -0.05) is 0 Å². The summed E-state index contributed by atoms with van der Waals surface area (Å²) in [5.74, 6) is 0. The second kappa shape index (κ2) is 6.66. The Morgan fingerprint density at radius 2 is 2.05 bits per heavy atom. The van der Waals surface area contributed by atoms with Crippen molar-refractivity contribution in [2.45, 2.75) is 44.6 Å². The highest BCUT2D eigenvalue weighted by Gasteiger charge is 2.33. The first-order valence-corrected chi connectivity index (χ1v) is 8.75. The van der Waals surface area contributed by atoms with Crippen LogP contribution in [0.4, 0.5) is 4.79 Å². The zero-order valence-electron chi connectivity index (χ0n) is 13.0. The Labute approximate surface area is 130 Å². The molecule has 1 saturated heterocycles. The number of sulfonamides is 1. The number of piperidine rings is 1. The number of alkyl carbamates (subject to hydrolysis) is 1. The highest BCUT2D eigenvalue weighted by molar-refractivity contribution is 7.89. The first-order chi connectivity index (χ1) is 10.4. The molecule has 2 rings (SSSR count). The van der Waals surface area contributed by atoms with Crippen molar-refractivity contribution in [2.24, 2.45) is 0 Å². The number of amides is 1. The lowest BCUT2D eigenvalue weighted by Gasteiger charge is -2.31. The highest BCUT2D eigenvalue weighted by Crippen LogP contribution is 2.24. The van der Waals surface area contributed by atoms with E-state index in [2.05, 4.69) is 15.5 Å². The summed E-state index contributed by atoms with van der Waals surface area (Å²) in [7, 11) is -3.55. The van der Waals surface area contributed by atoms with Crippen LogP contribution in [0.15, 0.2) is 4.90 Å². The number of carbonyl (C=O) groups excluding carboxylic acids is 1. The van der Waals surface area contributed by atoms with Gasteiger partial charge in [0.2, 0.25) is 10.0 Å². The van der Waals surface area contributed by atoms with E-state index in [0.29, 0.717) is 43.9 Å². The number of aromatic nitrogens is 2. The van der Waals surface area contributed by atoms with Gasteiger partial charge in [0.15, 0.2) is 0 Å². The van der Waals surface area contributed by atoms with E-state index in [-0.39, 0.29) is 10.9 Å². The summed E-state index contributed by atoms with van der Waals surface area (Å²) >= 11 is 0. The molecule has 1 aliphatic heterocycles. The van der Waals surface area contributed by atoms with Crippen molar-refractivity contribution in [3.8, 4) is 0 Å². The molecule has 22 heavy (non-hydrogen) atoms. The van der Waals surface area contributed by atoms with Gasteiger partial charge in [-0.2, -0.15) is 9.40 Å². The van der Waals surface area contributed by atoms with E-state index in [9.17, 15) is 13.2 Å². The van der Waals surface area contributed by atoms with Gasteiger partial charge in [-0.25, -0.2) is 13.2 Å². The average molecular weight is 330 g/mol. The molecule has 2 N–H and O–H groups in total. The average Bonchev–Trinajstić information content (AvgIpc) is 2.79. The van der Waals surface area contributed by atoms with E-state index in [1.54, 1.807) is 20.8 Å². The van der Waals surface area contributed by atoms with Gasteiger partial charge in [-0.15, -0.1) is 0 Å². The van der Waals surface area contributed by atoms with E-state index in [4.69, 9.17) is 4.74 Å². The molecule has 1 aliphatic rings. The van der Waals surface area contributed by atoms with Gasteiger partial charge in [0.1, 0.15) is 4.90 Å². The molecule has 0 spiro atoms. The van der Waals surface area contributed by atoms with Crippen LogP contribution in [0.3, 0.4) is 0 Å². The van der Waals surface area contributed by atoms with Crippen LogP contribution in [-0.2, 0) is 14.8 Å². The van der Waals surface area contributed by atoms with Crippen LogP contribution in [0.25, 0.3) is 0 Å². The Kier molecular flexibility index (Phi) is 5.07. The number of ether oxygens (including phenoxy) is 1. The molecule has 2 heterocycles. The fourth-order valence-electron chi connectivity index (χ4n) is 2.63. The van der Waals surface area contributed by atoms with Gasteiger partial charge in [0, 0.05) is 19.1 Å². The lowest BCUT2D eigenvalue weighted by atomic mass is 10.1. The highest BCUT2D eigenvalue weighted by atomic mass is 32.2. The number of H-pyrrole nitrogens is 1. The molecular weight excluding hydrogens is 308 g/mol. The normalized spacial score (nSPS) is 17.4. The number of hydrogen-bond acceptors (Lipinski definition) is 5. The first kappa shape index (κ1) is 16.8. The van der Waals surface area contributed by atoms with Gasteiger partial charge in [0.25, 0.3) is 0 Å². The van der Waals surface area contributed by atoms with Gasteiger partial charge in [0.05, 0.1) is 18.0 Å². The molecule has 1 aromatic rings. The maximum absolute atomic E-state index is 12.7. The van der Waals surface area contributed by atoms with Crippen LogP contribution in [0.2, 0.25) is 0 Å². The minimum absolute atomic E-state index is 0.0583. The molecule has 0 radical (unpaired) electrons. The number of hydrogen-bond donors (Lipinski definition) is 2. The summed E-state index contributed by atoms with van der Waals surface area (Å²) < 4.78 is 31.6. The third kappa shape index (κ3) is 3.41. The zero-order chi connectivity index (χ0) is 16.3. The summed E-state index contributed by atoms with van der Waals surface area (Å²) in [6.07, 6.45) is 0.674. The summed E-state index contributed by atoms with van der Waals surface area (Å²) in [6, 6.07) is -0.0583.